The number of aromatic nitrogens is 3. The number of H-pyrrole nitrogens is 3. The predicted molar refractivity (Wildman–Crippen MR) is 457 cm³/mol. The third-order valence-corrected chi connectivity index (χ3v) is 21.0. The molecule has 12 aromatic rings. The van der Waals surface area contributed by atoms with E-state index in [1.807, 2.05) is 130 Å². The summed E-state index contributed by atoms with van der Waals surface area (Å²) in [5.41, 5.74) is 30.3. The van der Waals surface area contributed by atoms with Gasteiger partial charge in [0.25, 0.3) is 0 Å². The molecule has 12 N–H and O–H groups in total. The first-order valence-corrected chi connectivity index (χ1v) is 39.9. The van der Waals surface area contributed by atoms with E-state index in [0.717, 1.165) is 64.1 Å². The monoisotopic (exact) mass is 1590 g/mol. The Morgan fingerprint density at radius 3 is 0.856 bits per heavy atom. The van der Waals surface area contributed by atoms with Crippen molar-refractivity contribution in [3.8, 4) is 0 Å². The highest BCUT2D eigenvalue weighted by Gasteiger charge is 2.40. The molecular weight excluding hydrogens is 1490 g/mol. The third-order valence-electron chi connectivity index (χ3n) is 21.0. The standard InChI is InChI=1S/C94H100N12O12/c1-61-28-43-79-76(49-61)70(55-98-79)52-85(107)104(92(113)116-58-64-19-7-4-8-20-64)82(25-13-16-46-95)89(110)101-73-37-31-67(32-38-73)88(68-33-39-74(40-34-68)102-90(111)83(26-14-17-47-96)105(93(114)117-59-65-21-9-5-10-22-65)86(108)53-71-56-99-80-44-29-62(2)50-77(71)80)69-35-41-75(42-36-69)103-91(112)84(27-15-18-48-97)106(94(115)118-60-66-23-11-6-12-24-66)87(109)54-72-57-100-81-45-30-63(3)51-78(72)81/h4-12,19-24,28-45,49-51,55-57,82-84,88,98-100H,13-18,25-27,46-48,52-54,58-60,95-97H2,1-3H3,(H,101,110)(H,102,111)(H,103,112)/t82-,83-,84-/m1/s1. The molecular formula is C94H100N12O12. The molecule has 0 saturated heterocycles. The molecule has 3 atom stereocenters. The summed E-state index contributed by atoms with van der Waals surface area (Å²) in [6, 6.07) is 61.7. The summed E-state index contributed by atoms with van der Waals surface area (Å²) >= 11 is 0. The topological polar surface area (TPSA) is 353 Å². The number of nitrogens with one attached hydrogen (secondary N) is 6. The number of amides is 9. The van der Waals surface area contributed by atoms with Crippen LogP contribution in [0.2, 0.25) is 0 Å². The number of hydrogen-bond donors (Lipinski definition) is 9. The molecule has 9 aromatic carbocycles. The molecule has 0 fully saturated rings. The molecule has 9 amide bonds. The number of fused-ring (bicyclic) bond motifs is 3. The van der Waals surface area contributed by atoms with Crippen LogP contribution < -0.4 is 33.2 Å². The summed E-state index contributed by atoms with van der Waals surface area (Å²) in [6.45, 7) is 6.22. The van der Waals surface area contributed by atoms with Crippen LogP contribution in [0.1, 0.15) is 130 Å². The fraction of sp³-hybridized carbons (Fsp3) is 0.266. The van der Waals surface area contributed by atoms with Gasteiger partial charge in [-0.15, -0.1) is 0 Å². The van der Waals surface area contributed by atoms with E-state index in [4.69, 9.17) is 31.4 Å². The van der Waals surface area contributed by atoms with E-state index in [-0.39, 0.29) is 58.3 Å². The van der Waals surface area contributed by atoms with Gasteiger partial charge >= 0.3 is 18.3 Å². The molecule has 12 rings (SSSR count). The van der Waals surface area contributed by atoms with Crippen LogP contribution in [0.5, 0.6) is 0 Å². The van der Waals surface area contributed by atoms with Crippen LogP contribution in [0.25, 0.3) is 32.7 Å². The first-order valence-electron chi connectivity index (χ1n) is 39.9. The lowest BCUT2D eigenvalue weighted by Gasteiger charge is -2.29. The number of imide groups is 3. The number of aryl methyl sites for hydroxylation is 3. The van der Waals surface area contributed by atoms with Crippen LogP contribution in [0, 0.1) is 20.8 Å². The molecule has 0 unspecified atom stereocenters. The number of ether oxygens (including phenoxy) is 3. The van der Waals surface area contributed by atoms with Gasteiger partial charge in [0.15, 0.2) is 0 Å². The zero-order valence-corrected chi connectivity index (χ0v) is 66.5. The van der Waals surface area contributed by atoms with E-state index < -0.39 is 77.8 Å². The van der Waals surface area contributed by atoms with Crippen LogP contribution in [-0.4, -0.2) is 121 Å². The molecule has 0 aliphatic carbocycles. The highest BCUT2D eigenvalue weighted by atomic mass is 16.6. The number of carbonyl (C=O) groups is 9. The van der Waals surface area contributed by atoms with E-state index >= 15 is 14.4 Å². The average molecular weight is 1590 g/mol. The molecule has 0 bridgehead atoms. The van der Waals surface area contributed by atoms with Crippen molar-refractivity contribution in [2.45, 2.75) is 142 Å². The lowest BCUT2D eigenvalue weighted by atomic mass is 9.85. The number of carbonyl (C=O) groups excluding carboxylic acids is 9. The Bertz CT molecular complexity index is 4920. The van der Waals surface area contributed by atoms with Gasteiger partial charge in [-0.1, -0.05) is 162 Å². The van der Waals surface area contributed by atoms with E-state index in [9.17, 15) is 28.8 Å². The molecule has 3 aromatic heterocycles. The maximum Gasteiger partial charge on any atom is 0.417 e. The lowest BCUT2D eigenvalue weighted by molar-refractivity contribution is -0.136. The van der Waals surface area contributed by atoms with Gasteiger partial charge in [0, 0.05) is 74.3 Å². The zero-order valence-electron chi connectivity index (χ0n) is 66.5. The van der Waals surface area contributed by atoms with Crippen LogP contribution in [0.15, 0.2) is 237 Å². The van der Waals surface area contributed by atoms with E-state index in [0.29, 0.717) is 125 Å². The highest BCUT2D eigenvalue weighted by Crippen LogP contribution is 2.36. The van der Waals surface area contributed by atoms with E-state index in [2.05, 4.69) is 30.9 Å². The van der Waals surface area contributed by atoms with Crippen molar-refractivity contribution in [3.63, 3.8) is 0 Å². The molecule has 0 spiro atoms. The Hall–Kier alpha value is -13.3. The van der Waals surface area contributed by atoms with E-state index in [1.165, 1.54) is 0 Å². The van der Waals surface area contributed by atoms with Gasteiger partial charge < -0.3 is 62.3 Å². The van der Waals surface area contributed by atoms with Crippen molar-refractivity contribution in [1.29, 1.82) is 0 Å². The van der Waals surface area contributed by atoms with Gasteiger partial charge in [-0.3, -0.25) is 28.8 Å². The van der Waals surface area contributed by atoms with Gasteiger partial charge in [-0.25, -0.2) is 29.1 Å². The van der Waals surface area contributed by atoms with Gasteiger partial charge in [-0.05, 0) is 221 Å². The Morgan fingerprint density at radius 2 is 0.602 bits per heavy atom. The molecule has 608 valence electrons. The number of benzene rings is 9. The molecule has 0 aliphatic rings. The van der Waals surface area contributed by atoms with Crippen LogP contribution >= 0.6 is 0 Å². The largest absolute Gasteiger partial charge is 0.444 e. The maximum atomic E-state index is 15.1. The molecule has 24 nitrogen and oxygen atoms in total. The molecule has 3 heterocycles. The van der Waals surface area contributed by atoms with Crippen LogP contribution in [0.3, 0.4) is 0 Å². The smallest absolute Gasteiger partial charge is 0.417 e. The van der Waals surface area contributed by atoms with Crippen molar-refractivity contribution in [1.82, 2.24) is 29.7 Å². The molecule has 118 heavy (non-hydrogen) atoms. The first kappa shape index (κ1) is 84.1. The minimum Gasteiger partial charge on any atom is -0.444 e. The second kappa shape index (κ2) is 40.8. The molecule has 0 saturated carbocycles. The number of aromatic amines is 3. The zero-order chi connectivity index (χ0) is 83.0. The Morgan fingerprint density at radius 1 is 0.339 bits per heavy atom. The summed E-state index contributed by atoms with van der Waals surface area (Å²) in [6.07, 6.45) is 4.30. The fourth-order valence-electron chi connectivity index (χ4n) is 14.7. The van der Waals surface area contributed by atoms with Gasteiger partial charge in [0.1, 0.15) is 37.9 Å². The summed E-state index contributed by atoms with van der Waals surface area (Å²) in [5.74, 6) is -4.54. The summed E-state index contributed by atoms with van der Waals surface area (Å²) < 4.78 is 17.6. The second-order valence-corrected chi connectivity index (χ2v) is 29.7. The number of nitrogens with two attached hydrogens (primary N) is 3. The number of unbranched alkanes of at least 4 members (excludes halogenated alkanes) is 3. The maximum absolute atomic E-state index is 15.1. The number of hydrogen-bond acceptors (Lipinski definition) is 15. The Labute approximate surface area is 685 Å². The molecule has 24 heteroatoms. The van der Waals surface area contributed by atoms with Crippen molar-refractivity contribution in [2.75, 3.05) is 35.6 Å². The van der Waals surface area contributed by atoms with Gasteiger partial charge in [0.2, 0.25) is 35.4 Å². The number of anilines is 3. The average Bonchev–Trinajstić information content (AvgIpc) is 1.22. The molecule has 0 aliphatic heterocycles. The molecule has 0 radical (unpaired) electrons. The fourth-order valence-corrected chi connectivity index (χ4v) is 14.7. The van der Waals surface area contributed by atoms with Gasteiger partial charge in [0.05, 0.1) is 19.3 Å². The normalized spacial score (nSPS) is 12.0. The van der Waals surface area contributed by atoms with Crippen molar-refractivity contribution in [3.05, 3.63) is 304 Å². The minimum atomic E-state index is -1.35. The summed E-state index contributed by atoms with van der Waals surface area (Å²) in [7, 11) is 0. The summed E-state index contributed by atoms with van der Waals surface area (Å²) in [5, 5.41) is 11.4. The number of rotatable bonds is 36. The number of nitrogens with zero attached hydrogens (tertiary/aromatic N) is 3. The Balaban J connectivity index is 0.863. The first-order chi connectivity index (χ1) is 57.3. The second-order valence-electron chi connectivity index (χ2n) is 29.7. The minimum absolute atomic E-state index is 0.0611. The Kier molecular flexibility index (Phi) is 29.1. The quantitative estimate of drug-likeness (QED) is 0.0100. The van der Waals surface area contributed by atoms with Crippen molar-refractivity contribution >= 4 is 103 Å². The summed E-state index contributed by atoms with van der Waals surface area (Å²) in [4.78, 5) is 146. The third kappa shape index (κ3) is 21.8. The van der Waals surface area contributed by atoms with Crippen LogP contribution in [-0.2, 0) is 82.1 Å². The van der Waals surface area contributed by atoms with Crippen molar-refractivity contribution < 1.29 is 57.4 Å². The lowest BCUT2D eigenvalue weighted by Crippen LogP contribution is -2.51. The SMILES string of the molecule is Cc1ccc2[nH]cc(CC(=O)N(C(=O)OCc3ccccc3)[C@H](CCCCN)C(=O)Nc3ccc(C(c4ccc(NC(=O)[C@@H](CCCCN)N(C(=O)Cc5c[nH]c6ccc(C)cc56)C(=O)OCc5ccccc5)cc4)c4ccc(NC(=O)[C@@H](CCCCN)N(C(=O)Cc5c[nH]c6ccc(C)cc56)C(=O)OCc5ccccc5)cc4)cc3)c2c1. The van der Waals surface area contributed by atoms with Crippen LogP contribution in [0.4, 0.5) is 31.4 Å². The van der Waals surface area contributed by atoms with Crippen molar-refractivity contribution in [2.24, 2.45) is 17.2 Å². The van der Waals surface area contributed by atoms with Gasteiger partial charge in [-0.2, -0.15) is 0 Å². The van der Waals surface area contributed by atoms with E-state index in [1.54, 1.807) is 128 Å². The highest BCUT2D eigenvalue weighted by molar-refractivity contribution is 6.06. The predicted octanol–water partition coefficient (Wildman–Crippen LogP) is 15.8.